The maximum absolute atomic E-state index is 3.49. The van der Waals surface area contributed by atoms with Gasteiger partial charge in [-0.15, -0.1) is 0 Å². The van der Waals surface area contributed by atoms with Crippen molar-refractivity contribution in [2.75, 3.05) is 13.1 Å². The van der Waals surface area contributed by atoms with Gasteiger partial charge in [-0.3, -0.25) is 0 Å². The minimum absolute atomic E-state index is 0.785. The van der Waals surface area contributed by atoms with Crippen LogP contribution in [0, 0.1) is 11.8 Å². The van der Waals surface area contributed by atoms with E-state index in [4.69, 9.17) is 0 Å². The highest BCUT2D eigenvalue weighted by Crippen LogP contribution is 2.13. The lowest BCUT2D eigenvalue weighted by atomic mass is 9.98. The van der Waals surface area contributed by atoms with E-state index in [0.29, 0.717) is 0 Å². The summed E-state index contributed by atoms with van der Waals surface area (Å²) in [5.74, 6) is 1.74. The predicted octanol–water partition coefficient (Wildman–Crippen LogP) is 3.45. The number of hydrogen-bond acceptors (Lipinski definition) is 1. The van der Waals surface area contributed by atoms with Gasteiger partial charge in [0.2, 0.25) is 0 Å². The van der Waals surface area contributed by atoms with Crippen LogP contribution in [0.3, 0.4) is 0 Å². The molecule has 0 atom stereocenters. The van der Waals surface area contributed by atoms with Gasteiger partial charge in [-0.2, -0.15) is 0 Å². The molecular formula is C12H27N. The smallest absolute Gasteiger partial charge is 0.00258 e. The van der Waals surface area contributed by atoms with Gasteiger partial charge < -0.3 is 5.32 Å². The average Bonchev–Trinajstić information content (AvgIpc) is 2.11. The average molecular weight is 185 g/mol. The van der Waals surface area contributed by atoms with Gasteiger partial charge in [-0.1, -0.05) is 40.5 Å². The quantitative estimate of drug-likeness (QED) is 0.571. The van der Waals surface area contributed by atoms with Gasteiger partial charge in [0.25, 0.3) is 0 Å². The van der Waals surface area contributed by atoms with Gasteiger partial charge in [-0.05, 0) is 37.8 Å². The first-order valence-electron chi connectivity index (χ1n) is 5.91. The minimum Gasteiger partial charge on any atom is -0.316 e. The molecule has 0 bridgehead atoms. The molecule has 0 aliphatic rings. The van der Waals surface area contributed by atoms with Crippen LogP contribution in [0.25, 0.3) is 0 Å². The zero-order chi connectivity index (χ0) is 10.1. The Bertz CT molecular complexity index is 95.3. The van der Waals surface area contributed by atoms with Gasteiger partial charge in [0.05, 0.1) is 0 Å². The van der Waals surface area contributed by atoms with E-state index in [1.165, 1.54) is 38.8 Å². The van der Waals surface area contributed by atoms with Gasteiger partial charge in [0, 0.05) is 0 Å². The summed E-state index contributed by atoms with van der Waals surface area (Å²) in [7, 11) is 0. The molecule has 1 N–H and O–H groups in total. The molecule has 80 valence electrons. The second-order valence-electron chi connectivity index (χ2n) is 4.42. The number of hydrogen-bond donors (Lipinski definition) is 1. The molecule has 0 fully saturated rings. The normalized spacial score (nSPS) is 11.5. The van der Waals surface area contributed by atoms with Crippen molar-refractivity contribution in [3.63, 3.8) is 0 Å². The van der Waals surface area contributed by atoms with Crippen LogP contribution in [-0.4, -0.2) is 13.1 Å². The fourth-order valence-corrected chi connectivity index (χ4v) is 1.60. The third-order valence-electron chi connectivity index (χ3n) is 2.67. The van der Waals surface area contributed by atoms with E-state index in [-0.39, 0.29) is 0 Å². The van der Waals surface area contributed by atoms with E-state index in [0.717, 1.165) is 11.8 Å². The molecule has 0 amide bonds. The van der Waals surface area contributed by atoms with Crippen LogP contribution in [0.5, 0.6) is 0 Å². The molecule has 0 rings (SSSR count). The lowest BCUT2D eigenvalue weighted by Gasteiger charge is -2.12. The monoisotopic (exact) mass is 185 g/mol. The van der Waals surface area contributed by atoms with E-state index in [9.17, 15) is 0 Å². The molecule has 0 heterocycles. The van der Waals surface area contributed by atoms with Crippen molar-refractivity contribution in [1.29, 1.82) is 0 Å². The summed E-state index contributed by atoms with van der Waals surface area (Å²) in [4.78, 5) is 0. The van der Waals surface area contributed by atoms with Crippen LogP contribution in [-0.2, 0) is 0 Å². The fourth-order valence-electron chi connectivity index (χ4n) is 1.60. The number of nitrogens with one attached hydrogen (secondary N) is 1. The number of rotatable bonds is 8. The Kier molecular flexibility index (Phi) is 8.53. The molecule has 0 aromatic heterocycles. The van der Waals surface area contributed by atoms with Gasteiger partial charge in [0.1, 0.15) is 0 Å². The maximum Gasteiger partial charge on any atom is -0.00258 e. The zero-order valence-electron chi connectivity index (χ0n) is 9.90. The van der Waals surface area contributed by atoms with Gasteiger partial charge in [-0.25, -0.2) is 0 Å². The topological polar surface area (TPSA) is 12.0 Å². The lowest BCUT2D eigenvalue weighted by molar-refractivity contribution is 0.427. The van der Waals surface area contributed by atoms with Gasteiger partial charge in [0.15, 0.2) is 0 Å². The van der Waals surface area contributed by atoms with Crippen LogP contribution in [0.2, 0.25) is 0 Å². The van der Waals surface area contributed by atoms with Crippen LogP contribution in [0.1, 0.15) is 53.4 Å². The molecular weight excluding hydrogens is 158 g/mol. The highest BCUT2D eigenvalue weighted by molar-refractivity contribution is 4.57. The summed E-state index contributed by atoms with van der Waals surface area (Å²) in [6, 6.07) is 0. The molecule has 0 unspecified atom stereocenters. The highest BCUT2D eigenvalue weighted by Gasteiger charge is 2.02. The van der Waals surface area contributed by atoms with Crippen molar-refractivity contribution in [3.05, 3.63) is 0 Å². The van der Waals surface area contributed by atoms with Crippen molar-refractivity contribution < 1.29 is 0 Å². The first-order valence-corrected chi connectivity index (χ1v) is 5.91. The third kappa shape index (κ3) is 8.29. The summed E-state index contributed by atoms with van der Waals surface area (Å²) in [6.07, 6.45) is 5.44. The summed E-state index contributed by atoms with van der Waals surface area (Å²) in [5, 5.41) is 3.49. The molecule has 0 aromatic rings. The first-order chi connectivity index (χ1) is 6.20. The summed E-state index contributed by atoms with van der Waals surface area (Å²) >= 11 is 0. The Morgan fingerprint density at radius 3 is 2.15 bits per heavy atom. The summed E-state index contributed by atoms with van der Waals surface area (Å²) in [5.41, 5.74) is 0. The van der Waals surface area contributed by atoms with E-state index in [1.54, 1.807) is 0 Å². The van der Waals surface area contributed by atoms with Gasteiger partial charge >= 0.3 is 0 Å². The zero-order valence-corrected chi connectivity index (χ0v) is 9.90. The second kappa shape index (κ2) is 8.55. The van der Waals surface area contributed by atoms with Crippen LogP contribution < -0.4 is 5.32 Å². The van der Waals surface area contributed by atoms with Crippen molar-refractivity contribution in [3.8, 4) is 0 Å². The van der Waals surface area contributed by atoms with E-state index in [1.807, 2.05) is 0 Å². The SMILES string of the molecule is CCC(CC)CCCNCC(C)C. The molecule has 13 heavy (non-hydrogen) atoms. The molecule has 0 saturated carbocycles. The Labute approximate surface area is 84.3 Å². The van der Waals surface area contributed by atoms with Crippen LogP contribution in [0.4, 0.5) is 0 Å². The highest BCUT2D eigenvalue weighted by atomic mass is 14.8. The second-order valence-corrected chi connectivity index (χ2v) is 4.42. The molecule has 0 saturated heterocycles. The van der Waals surface area contributed by atoms with Crippen molar-refractivity contribution in [1.82, 2.24) is 5.32 Å². The third-order valence-corrected chi connectivity index (χ3v) is 2.67. The summed E-state index contributed by atoms with van der Waals surface area (Å²) in [6.45, 7) is 11.5. The van der Waals surface area contributed by atoms with E-state index >= 15 is 0 Å². The standard InChI is InChI=1S/C12H27N/c1-5-12(6-2)8-7-9-13-10-11(3)4/h11-13H,5-10H2,1-4H3. The van der Waals surface area contributed by atoms with E-state index < -0.39 is 0 Å². The molecule has 0 aliphatic carbocycles. The lowest BCUT2D eigenvalue weighted by Crippen LogP contribution is -2.21. The summed E-state index contributed by atoms with van der Waals surface area (Å²) < 4.78 is 0. The minimum atomic E-state index is 0.785. The van der Waals surface area contributed by atoms with E-state index in [2.05, 4.69) is 33.0 Å². The largest absolute Gasteiger partial charge is 0.316 e. The molecule has 0 aromatic carbocycles. The Balaban J connectivity index is 3.14. The molecule has 1 heteroatoms. The van der Waals surface area contributed by atoms with Crippen molar-refractivity contribution in [2.24, 2.45) is 11.8 Å². The molecule has 0 aliphatic heterocycles. The van der Waals surface area contributed by atoms with Crippen molar-refractivity contribution in [2.45, 2.75) is 53.4 Å². The predicted molar refractivity (Wildman–Crippen MR) is 61.0 cm³/mol. The Morgan fingerprint density at radius 2 is 1.69 bits per heavy atom. The Morgan fingerprint density at radius 1 is 1.08 bits per heavy atom. The fraction of sp³-hybridized carbons (Fsp3) is 1.00. The molecule has 0 radical (unpaired) electrons. The molecule has 0 spiro atoms. The first kappa shape index (κ1) is 13.0. The maximum atomic E-state index is 3.49. The Hall–Kier alpha value is -0.0400. The molecule has 1 nitrogen and oxygen atoms in total. The van der Waals surface area contributed by atoms with Crippen LogP contribution >= 0.6 is 0 Å². The van der Waals surface area contributed by atoms with Crippen LogP contribution in [0.15, 0.2) is 0 Å². The van der Waals surface area contributed by atoms with Crippen molar-refractivity contribution >= 4 is 0 Å².